The molecule has 0 spiro atoms. The minimum absolute atomic E-state index is 0.0359. The SMILES string of the molecule is CSCCC(NC(=O)C(CCC(N)=O)NC(=O)C(CCC(N)=O)NC(=O)C(N)Cc1ccc(O)cc1)C(=O)O. The van der Waals surface area contributed by atoms with Crippen molar-refractivity contribution >= 4 is 47.3 Å². The van der Waals surface area contributed by atoms with Crippen LogP contribution in [0.3, 0.4) is 0 Å². The standard InChI is InChI=1S/C24H36N6O8S/c1-39-11-10-18(24(37)38)30-23(36)17(7-9-20(27)33)29-22(35)16(6-8-19(26)32)28-21(34)15(25)12-13-2-4-14(31)5-3-13/h2-5,15-18,31H,6-12,25H2,1H3,(H2,26,32)(H2,27,33)(H,28,34)(H,29,35)(H,30,36)(H,37,38). The van der Waals surface area contributed by atoms with E-state index in [0.717, 1.165) is 0 Å². The molecular weight excluding hydrogens is 532 g/mol. The Balaban J connectivity index is 3.02. The number of hydrogen-bond donors (Lipinski definition) is 8. The number of nitrogens with two attached hydrogens (primary N) is 3. The number of thioether (sulfide) groups is 1. The van der Waals surface area contributed by atoms with Gasteiger partial charge in [0.15, 0.2) is 0 Å². The maximum absolute atomic E-state index is 13.1. The fourth-order valence-electron chi connectivity index (χ4n) is 3.41. The van der Waals surface area contributed by atoms with Crippen molar-refractivity contribution in [2.45, 2.75) is 62.7 Å². The largest absolute Gasteiger partial charge is 0.508 e. The van der Waals surface area contributed by atoms with E-state index in [1.54, 1.807) is 18.4 Å². The Kier molecular flexibility index (Phi) is 14.4. The van der Waals surface area contributed by atoms with Crippen LogP contribution in [0.4, 0.5) is 0 Å². The van der Waals surface area contributed by atoms with Crippen LogP contribution in [-0.4, -0.2) is 81.9 Å². The molecule has 1 aromatic carbocycles. The summed E-state index contributed by atoms with van der Waals surface area (Å²) in [6.07, 6.45) is 0.943. The highest BCUT2D eigenvalue weighted by molar-refractivity contribution is 7.98. The molecule has 0 bridgehead atoms. The average Bonchev–Trinajstić information content (AvgIpc) is 2.87. The predicted molar refractivity (Wildman–Crippen MR) is 143 cm³/mol. The molecule has 5 amide bonds. The van der Waals surface area contributed by atoms with Crippen LogP contribution in [-0.2, 0) is 35.2 Å². The van der Waals surface area contributed by atoms with Crippen LogP contribution in [0.5, 0.6) is 5.75 Å². The van der Waals surface area contributed by atoms with Crippen molar-refractivity contribution in [3.05, 3.63) is 29.8 Å². The van der Waals surface area contributed by atoms with Gasteiger partial charge in [0.25, 0.3) is 0 Å². The maximum atomic E-state index is 13.1. The zero-order chi connectivity index (χ0) is 29.5. The molecule has 4 unspecified atom stereocenters. The van der Waals surface area contributed by atoms with E-state index >= 15 is 0 Å². The lowest BCUT2D eigenvalue weighted by Gasteiger charge is -2.25. The summed E-state index contributed by atoms with van der Waals surface area (Å²) in [6.45, 7) is 0. The molecule has 0 aliphatic heterocycles. The van der Waals surface area contributed by atoms with E-state index in [1.165, 1.54) is 23.9 Å². The topological polar surface area (TPSA) is 257 Å². The molecule has 15 heteroatoms. The lowest BCUT2D eigenvalue weighted by atomic mass is 10.0. The van der Waals surface area contributed by atoms with Gasteiger partial charge in [-0.1, -0.05) is 12.1 Å². The van der Waals surface area contributed by atoms with Crippen molar-refractivity contribution in [1.82, 2.24) is 16.0 Å². The molecule has 0 heterocycles. The maximum Gasteiger partial charge on any atom is 0.326 e. The molecule has 0 aromatic heterocycles. The third-order valence-electron chi connectivity index (χ3n) is 5.58. The molecule has 0 aliphatic carbocycles. The number of carbonyl (C=O) groups excluding carboxylic acids is 5. The summed E-state index contributed by atoms with van der Waals surface area (Å²) in [4.78, 5) is 72.9. The van der Waals surface area contributed by atoms with E-state index < -0.39 is 59.7 Å². The predicted octanol–water partition coefficient (Wildman–Crippen LogP) is -1.91. The molecule has 1 aromatic rings. The van der Waals surface area contributed by atoms with E-state index in [1.807, 2.05) is 0 Å². The van der Waals surface area contributed by atoms with Crippen LogP contribution in [0.2, 0.25) is 0 Å². The van der Waals surface area contributed by atoms with Gasteiger partial charge in [-0.15, -0.1) is 0 Å². The minimum Gasteiger partial charge on any atom is -0.508 e. The van der Waals surface area contributed by atoms with Crippen LogP contribution < -0.4 is 33.2 Å². The number of primary amides is 2. The average molecular weight is 569 g/mol. The van der Waals surface area contributed by atoms with E-state index in [-0.39, 0.29) is 44.3 Å². The number of nitrogens with one attached hydrogen (secondary N) is 3. The van der Waals surface area contributed by atoms with Gasteiger partial charge in [-0.25, -0.2) is 4.79 Å². The lowest BCUT2D eigenvalue weighted by molar-refractivity contribution is -0.142. The first-order chi connectivity index (χ1) is 18.3. The van der Waals surface area contributed by atoms with Crippen molar-refractivity contribution in [3.63, 3.8) is 0 Å². The van der Waals surface area contributed by atoms with Gasteiger partial charge in [-0.05, 0) is 55.4 Å². The highest BCUT2D eigenvalue weighted by Gasteiger charge is 2.30. The summed E-state index contributed by atoms with van der Waals surface area (Å²) >= 11 is 1.38. The second kappa shape index (κ2) is 16.9. The van der Waals surface area contributed by atoms with Crippen LogP contribution in [0, 0.1) is 0 Å². The van der Waals surface area contributed by atoms with Crippen molar-refractivity contribution in [2.24, 2.45) is 17.2 Å². The molecular formula is C24H36N6O8S. The number of carbonyl (C=O) groups is 6. The molecule has 0 radical (unpaired) electrons. The molecule has 14 nitrogen and oxygen atoms in total. The monoisotopic (exact) mass is 568 g/mol. The molecule has 0 aliphatic rings. The first-order valence-electron chi connectivity index (χ1n) is 12.1. The summed E-state index contributed by atoms with van der Waals surface area (Å²) in [5.41, 5.74) is 17.0. The fourth-order valence-corrected chi connectivity index (χ4v) is 3.88. The number of amides is 5. The quantitative estimate of drug-likeness (QED) is 0.0974. The van der Waals surface area contributed by atoms with Gasteiger partial charge in [-0.3, -0.25) is 24.0 Å². The zero-order valence-electron chi connectivity index (χ0n) is 21.6. The van der Waals surface area contributed by atoms with Crippen LogP contribution >= 0.6 is 11.8 Å². The van der Waals surface area contributed by atoms with Gasteiger partial charge in [0.2, 0.25) is 29.5 Å². The van der Waals surface area contributed by atoms with Crippen LogP contribution in [0.15, 0.2) is 24.3 Å². The third kappa shape index (κ3) is 13.0. The number of rotatable bonds is 18. The van der Waals surface area contributed by atoms with Gasteiger partial charge >= 0.3 is 5.97 Å². The van der Waals surface area contributed by atoms with Gasteiger partial charge in [-0.2, -0.15) is 11.8 Å². The smallest absolute Gasteiger partial charge is 0.326 e. The van der Waals surface area contributed by atoms with E-state index in [9.17, 15) is 39.0 Å². The third-order valence-corrected chi connectivity index (χ3v) is 6.22. The number of aromatic hydroxyl groups is 1. The van der Waals surface area contributed by atoms with E-state index in [4.69, 9.17) is 17.2 Å². The van der Waals surface area contributed by atoms with Crippen molar-refractivity contribution < 1.29 is 39.0 Å². The number of carboxylic acid groups (broad SMARTS) is 1. The molecule has 1 rings (SSSR count). The van der Waals surface area contributed by atoms with Gasteiger partial charge in [0.05, 0.1) is 6.04 Å². The number of phenols is 1. The minimum atomic E-state index is -1.36. The zero-order valence-corrected chi connectivity index (χ0v) is 22.4. The summed E-state index contributed by atoms with van der Waals surface area (Å²) in [7, 11) is 0. The van der Waals surface area contributed by atoms with E-state index in [2.05, 4.69) is 16.0 Å². The summed E-state index contributed by atoms with van der Waals surface area (Å²) in [5.74, 6) is -4.74. The van der Waals surface area contributed by atoms with Crippen molar-refractivity contribution in [1.29, 1.82) is 0 Å². The molecule has 0 saturated heterocycles. The molecule has 4 atom stereocenters. The second-order valence-electron chi connectivity index (χ2n) is 8.79. The number of benzene rings is 1. The molecule has 0 saturated carbocycles. The Morgan fingerprint density at radius 2 is 1.26 bits per heavy atom. The lowest BCUT2D eigenvalue weighted by Crippen LogP contribution is -2.57. The first-order valence-corrected chi connectivity index (χ1v) is 13.5. The Hall–Kier alpha value is -3.85. The Labute approximate surface area is 229 Å². The normalized spacial score (nSPS) is 13.8. The molecule has 39 heavy (non-hydrogen) atoms. The van der Waals surface area contributed by atoms with Crippen LogP contribution in [0.1, 0.15) is 37.7 Å². The highest BCUT2D eigenvalue weighted by atomic mass is 32.2. The second-order valence-corrected chi connectivity index (χ2v) is 9.78. The van der Waals surface area contributed by atoms with E-state index in [0.29, 0.717) is 11.3 Å². The first kappa shape index (κ1) is 33.2. The number of phenolic OH excluding ortho intramolecular Hbond substituents is 1. The number of carboxylic acids is 1. The molecule has 216 valence electrons. The van der Waals surface area contributed by atoms with Gasteiger partial charge in [0.1, 0.15) is 23.9 Å². The number of aliphatic carboxylic acids is 1. The molecule has 0 fully saturated rings. The summed E-state index contributed by atoms with van der Waals surface area (Å²) < 4.78 is 0. The van der Waals surface area contributed by atoms with Gasteiger partial charge < -0.3 is 43.4 Å². The Morgan fingerprint density at radius 1 is 0.795 bits per heavy atom. The Morgan fingerprint density at radius 3 is 1.69 bits per heavy atom. The van der Waals surface area contributed by atoms with Crippen LogP contribution in [0.25, 0.3) is 0 Å². The summed E-state index contributed by atoms with van der Waals surface area (Å²) in [5, 5.41) is 26.0. The van der Waals surface area contributed by atoms with Crippen molar-refractivity contribution in [3.8, 4) is 5.75 Å². The number of hydrogen-bond acceptors (Lipinski definition) is 9. The van der Waals surface area contributed by atoms with Gasteiger partial charge in [0, 0.05) is 12.8 Å². The highest BCUT2D eigenvalue weighted by Crippen LogP contribution is 2.11. The Bertz CT molecular complexity index is 1020. The molecule has 11 N–H and O–H groups in total. The fraction of sp³-hybridized carbons (Fsp3) is 0.500. The summed E-state index contributed by atoms with van der Waals surface area (Å²) in [6, 6.07) is 0.983. The van der Waals surface area contributed by atoms with Crippen molar-refractivity contribution in [2.75, 3.05) is 12.0 Å².